The first-order chi connectivity index (χ1) is 15.5. The van der Waals surface area contributed by atoms with Gasteiger partial charge >= 0.3 is 0 Å². The van der Waals surface area contributed by atoms with Crippen LogP contribution in [0.2, 0.25) is 0 Å². The molecule has 0 aliphatic carbocycles. The number of hydrogen-bond acceptors (Lipinski definition) is 4. The molecular weight excluding hydrogens is 446 g/mol. The molecule has 2 atom stereocenters. The third-order valence-electron chi connectivity index (χ3n) is 5.67. The Labute approximate surface area is 196 Å². The van der Waals surface area contributed by atoms with Crippen molar-refractivity contribution in [2.24, 2.45) is 0 Å². The Morgan fingerprint density at radius 3 is 2.16 bits per heavy atom. The van der Waals surface area contributed by atoms with E-state index in [-0.39, 0.29) is 23.7 Å². The molecule has 2 N–H and O–H groups in total. The molecule has 8 heteroatoms. The van der Waals surface area contributed by atoms with E-state index >= 15 is 0 Å². The molecule has 0 amide bonds. The molecule has 1 fully saturated rings. The van der Waals surface area contributed by atoms with Crippen molar-refractivity contribution < 1.29 is 8.78 Å². The largest absolute Gasteiger partial charge is 0.369 e. The van der Waals surface area contributed by atoms with Gasteiger partial charge in [0, 0.05) is 48.5 Å². The molecule has 168 valence electrons. The zero-order valence-electron chi connectivity index (χ0n) is 17.8. The first-order valence-corrected chi connectivity index (χ1v) is 11.9. The van der Waals surface area contributed by atoms with E-state index in [9.17, 15) is 8.78 Å². The second-order valence-corrected chi connectivity index (χ2v) is 9.24. The highest BCUT2D eigenvalue weighted by molar-refractivity contribution is 7.80. The molecule has 1 aliphatic rings. The first kappa shape index (κ1) is 22.6. The fourth-order valence-corrected chi connectivity index (χ4v) is 5.37. The summed E-state index contributed by atoms with van der Waals surface area (Å²) in [6, 6.07) is 17.3. The van der Waals surface area contributed by atoms with Gasteiger partial charge in [-0.05, 0) is 79.1 Å². The molecule has 4 nitrogen and oxygen atoms in total. The van der Waals surface area contributed by atoms with Gasteiger partial charge in [-0.25, -0.2) is 8.78 Å². The number of piperazine rings is 1. The van der Waals surface area contributed by atoms with E-state index in [1.165, 1.54) is 29.1 Å². The van der Waals surface area contributed by atoms with Gasteiger partial charge in [-0.3, -0.25) is 4.90 Å². The van der Waals surface area contributed by atoms with Crippen LogP contribution in [-0.4, -0.2) is 42.2 Å². The summed E-state index contributed by atoms with van der Waals surface area (Å²) < 4.78 is 26.4. The van der Waals surface area contributed by atoms with Gasteiger partial charge in [0.25, 0.3) is 0 Å². The predicted octanol–water partition coefficient (Wildman–Crippen LogP) is 5.26. The fourth-order valence-electron chi connectivity index (χ4n) is 4.10. The zero-order chi connectivity index (χ0) is 22.5. The predicted molar refractivity (Wildman–Crippen MR) is 132 cm³/mol. The number of rotatable bonds is 6. The van der Waals surface area contributed by atoms with E-state index in [4.69, 9.17) is 12.2 Å². The summed E-state index contributed by atoms with van der Waals surface area (Å²) in [5.74, 6) is -0.490. The minimum atomic E-state index is -0.277. The standard InChI is InChI=1S/C24H26F2N4S2/c1-17(27-24(31)28-20-8-4-18(25)5-9-20)23(22-3-2-16-32-22)30-14-12-29(13-15-30)21-10-6-19(26)7-11-21/h2-11,16-17,23H,12-15H2,1H3,(H2,27,28,31)/t17-,23+/m0/s1. The lowest BCUT2D eigenvalue weighted by molar-refractivity contribution is 0.163. The minimum Gasteiger partial charge on any atom is -0.369 e. The normalized spacial score (nSPS) is 16.4. The molecule has 0 bridgehead atoms. The smallest absolute Gasteiger partial charge is 0.171 e. The molecule has 1 aliphatic heterocycles. The maximum Gasteiger partial charge on any atom is 0.171 e. The maximum atomic E-state index is 13.3. The second-order valence-electron chi connectivity index (χ2n) is 7.85. The number of hydrogen-bond donors (Lipinski definition) is 2. The molecule has 3 aromatic rings. The summed E-state index contributed by atoms with van der Waals surface area (Å²) in [7, 11) is 0. The number of nitrogens with zero attached hydrogens (tertiary/aromatic N) is 2. The van der Waals surface area contributed by atoms with Crippen LogP contribution in [-0.2, 0) is 0 Å². The molecule has 32 heavy (non-hydrogen) atoms. The van der Waals surface area contributed by atoms with Crippen LogP contribution in [0, 0.1) is 11.6 Å². The van der Waals surface area contributed by atoms with Crippen LogP contribution in [0.4, 0.5) is 20.2 Å². The van der Waals surface area contributed by atoms with Gasteiger partial charge in [0.1, 0.15) is 11.6 Å². The number of halogens is 2. The topological polar surface area (TPSA) is 30.5 Å². The van der Waals surface area contributed by atoms with Crippen molar-refractivity contribution in [1.29, 1.82) is 0 Å². The van der Waals surface area contributed by atoms with Crippen molar-refractivity contribution in [3.63, 3.8) is 0 Å². The molecule has 0 saturated carbocycles. The molecule has 0 radical (unpaired) electrons. The van der Waals surface area contributed by atoms with Gasteiger partial charge in [0.15, 0.2) is 5.11 Å². The highest BCUT2D eigenvalue weighted by Crippen LogP contribution is 2.30. The Kier molecular flexibility index (Phi) is 7.34. The second kappa shape index (κ2) is 10.4. The summed E-state index contributed by atoms with van der Waals surface area (Å²) >= 11 is 7.26. The van der Waals surface area contributed by atoms with E-state index in [2.05, 4.69) is 44.9 Å². The fraction of sp³-hybridized carbons (Fsp3) is 0.292. The molecule has 0 unspecified atom stereocenters. The summed E-state index contributed by atoms with van der Waals surface area (Å²) in [6.07, 6.45) is 0. The van der Waals surface area contributed by atoms with Gasteiger partial charge in [-0.2, -0.15) is 0 Å². The Morgan fingerprint density at radius 2 is 1.56 bits per heavy atom. The van der Waals surface area contributed by atoms with E-state index in [1.54, 1.807) is 23.5 Å². The first-order valence-electron chi connectivity index (χ1n) is 10.6. The number of thiophene rings is 1. The van der Waals surface area contributed by atoms with Crippen molar-refractivity contribution in [3.8, 4) is 0 Å². The van der Waals surface area contributed by atoms with Gasteiger partial charge in [0.2, 0.25) is 0 Å². The number of thiocarbonyl (C=S) groups is 1. The highest BCUT2D eigenvalue weighted by Gasteiger charge is 2.30. The molecule has 4 rings (SSSR count). The number of benzene rings is 2. The summed E-state index contributed by atoms with van der Waals surface area (Å²) in [5.41, 5.74) is 1.80. The molecule has 2 aromatic carbocycles. The lowest BCUT2D eigenvalue weighted by Gasteiger charge is -2.42. The lowest BCUT2D eigenvalue weighted by atomic mass is 10.0. The summed E-state index contributed by atoms with van der Waals surface area (Å²) in [4.78, 5) is 6.05. The molecule has 2 heterocycles. The summed E-state index contributed by atoms with van der Waals surface area (Å²) in [5, 5.41) is 9.16. The van der Waals surface area contributed by atoms with Crippen molar-refractivity contribution in [2.45, 2.75) is 19.0 Å². The quantitative estimate of drug-likeness (QED) is 0.478. The molecule has 0 spiro atoms. The van der Waals surface area contributed by atoms with E-state index in [1.807, 2.05) is 12.1 Å². The van der Waals surface area contributed by atoms with Crippen LogP contribution in [0.15, 0.2) is 66.0 Å². The van der Waals surface area contributed by atoms with Crippen LogP contribution in [0.5, 0.6) is 0 Å². The van der Waals surface area contributed by atoms with Gasteiger partial charge in [-0.15, -0.1) is 11.3 Å². The van der Waals surface area contributed by atoms with Crippen molar-refractivity contribution in [1.82, 2.24) is 10.2 Å². The SMILES string of the molecule is C[C@H](NC(=S)Nc1ccc(F)cc1)[C@H](c1cccs1)N1CCN(c2ccc(F)cc2)CC1. The van der Waals surface area contributed by atoms with Gasteiger partial charge in [0.05, 0.1) is 6.04 Å². The number of nitrogens with one attached hydrogen (secondary N) is 2. The maximum absolute atomic E-state index is 13.3. The van der Waals surface area contributed by atoms with Crippen LogP contribution < -0.4 is 15.5 Å². The average molecular weight is 473 g/mol. The highest BCUT2D eigenvalue weighted by atomic mass is 32.1. The zero-order valence-corrected chi connectivity index (χ0v) is 19.4. The van der Waals surface area contributed by atoms with Gasteiger partial charge < -0.3 is 15.5 Å². The molecular formula is C24H26F2N4S2. The van der Waals surface area contributed by atoms with Crippen LogP contribution >= 0.6 is 23.6 Å². The molecule has 1 saturated heterocycles. The Hall–Kier alpha value is -2.55. The van der Waals surface area contributed by atoms with E-state index in [0.29, 0.717) is 5.11 Å². The third-order valence-corrected chi connectivity index (χ3v) is 6.83. The van der Waals surface area contributed by atoms with Crippen molar-refractivity contribution >= 4 is 40.0 Å². The van der Waals surface area contributed by atoms with E-state index < -0.39 is 0 Å². The molecule has 1 aromatic heterocycles. The van der Waals surface area contributed by atoms with Crippen LogP contribution in [0.25, 0.3) is 0 Å². The monoisotopic (exact) mass is 472 g/mol. The van der Waals surface area contributed by atoms with Crippen LogP contribution in [0.1, 0.15) is 17.8 Å². The van der Waals surface area contributed by atoms with Crippen molar-refractivity contribution in [3.05, 3.63) is 82.6 Å². The van der Waals surface area contributed by atoms with Crippen LogP contribution in [0.3, 0.4) is 0 Å². The summed E-state index contributed by atoms with van der Waals surface area (Å²) in [6.45, 7) is 5.67. The third kappa shape index (κ3) is 5.62. The Morgan fingerprint density at radius 1 is 0.938 bits per heavy atom. The Bertz CT molecular complexity index is 1000. The van der Waals surface area contributed by atoms with Crippen molar-refractivity contribution in [2.75, 3.05) is 36.4 Å². The lowest BCUT2D eigenvalue weighted by Crippen LogP contribution is -2.52. The average Bonchev–Trinajstić information content (AvgIpc) is 3.31. The number of anilines is 2. The van der Waals surface area contributed by atoms with Gasteiger partial charge in [-0.1, -0.05) is 6.07 Å². The van der Waals surface area contributed by atoms with E-state index in [0.717, 1.165) is 37.6 Å². The Balaban J connectivity index is 1.40. The minimum absolute atomic E-state index is 0.0615.